The van der Waals surface area contributed by atoms with Crippen molar-refractivity contribution in [1.82, 2.24) is 14.7 Å². The van der Waals surface area contributed by atoms with Crippen molar-refractivity contribution in [2.75, 3.05) is 45.8 Å². The van der Waals surface area contributed by atoms with Gasteiger partial charge in [0.05, 0.1) is 17.7 Å². The Morgan fingerprint density at radius 1 is 1.00 bits per heavy atom. The van der Waals surface area contributed by atoms with Gasteiger partial charge in [-0.1, -0.05) is 42.5 Å². The second-order valence-electron chi connectivity index (χ2n) is 8.04. The molecule has 6 nitrogen and oxygen atoms in total. The van der Waals surface area contributed by atoms with Crippen LogP contribution in [-0.4, -0.2) is 72.3 Å². The van der Waals surface area contributed by atoms with Gasteiger partial charge in [-0.25, -0.2) is 0 Å². The molecule has 2 aliphatic heterocycles. The molecule has 158 valence electrons. The predicted octanol–water partition coefficient (Wildman–Crippen LogP) is 2.99. The van der Waals surface area contributed by atoms with Crippen LogP contribution in [0.2, 0.25) is 0 Å². The summed E-state index contributed by atoms with van der Waals surface area (Å²) < 4.78 is 5.03. The van der Waals surface area contributed by atoms with E-state index in [-0.39, 0.29) is 17.7 Å². The van der Waals surface area contributed by atoms with Gasteiger partial charge in [0, 0.05) is 45.8 Å². The number of carbonyl (C=O) groups is 2. The quantitative estimate of drug-likeness (QED) is 0.765. The molecule has 0 aliphatic carbocycles. The number of furan rings is 1. The first-order chi connectivity index (χ1) is 14.7. The Hall–Kier alpha value is -2.86. The first-order valence-electron chi connectivity index (χ1n) is 10.7. The molecule has 2 fully saturated rings. The Labute approximate surface area is 177 Å². The van der Waals surface area contributed by atoms with Crippen LogP contribution in [0.5, 0.6) is 0 Å². The molecule has 0 N–H and O–H groups in total. The van der Waals surface area contributed by atoms with E-state index in [0.717, 1.165) is 45.6 Å². The minimum Gasteiger partial charge on any atom is -0.472 e. The topological polar surface area (TPSA) is 57.0 Å². The average molecular weight is 408 g/mol. The van der Waals surface area contributed by atoms with E-state index in [1.807, 2.05) is 23.1 Å². The van der Waals surface area contributed by atoms with Crippen LogP contribution in [0.3, 0.4) is 0 Å². The molecule has 2 amide bonds. The third-order valence-corrected chi connectivity index (χ3v) is 5.98. The minimum atomic E-state index is -0.0980. The first kappa shape index (κ1) is 20.4. The van der Waals surface area contributed by atoms with Gasteiger partial charge in [-0.3, -0.25) is 14.5 Å². The van der Waals surface area contributed by atoms with Crippen LogP contribution in [0.4, 0.5) is 0 Å². The summed E-state index contributed by atoms with van der Waals surface area (Å²) in [6.07, 6.45) is 9.03. The number of nitrogens with zero attached hydrogens (tertiary/aromatic N) is 3. The largest absolute Gasteiger partial charge is 0.472 e. The third kappa shape index (κ3) is 5.00. The summed E-state index contributed by atoms with van der Waals surface area (Å²) >= 11 is 0. The molecular weight excluding hydrogens is 378 g/mol. The minimum absolute atomic E-state index is 0.0451. The summed E-state index contributed by atoms with van der Waals surface area (Å²) in [7, 11) is 0. The molecule has 1 aromatic heterocycles. The van der Waals surface area contributed by atoms with Crippen LogP contribution in [-0.2, 0) is 4.79 Å². The normalized spacial score (nSPS) is 20.6. The van der Waals surface area contributed by atoms with E-state index in [0.29, 0.717) is 18.7 Å². The van der Waals surface area contributed by atoms with E-state index < -0.39 is 0 Å². The van der Waals surface area contributed by atoms with Crippen LogP contribution in [0.15, 0.2) is 59.4 Å². The molecule has 6 heteroatoms. The van der Waals surface area contributed by atoms with Crippen LogP contribution < -0.4 is 0 Å². The molecule has 0 spiro atoms. The lowest BCUT2D eigenvalue weighted by Gasteiger charge is -2.38. The predicted molar refractivity (Wildman–Crippen MR) is 116 cm³/mol. The van der Waals surface area contributed by atoms with Crippen molar-refractivity contribution >= 4 is 17.9 Å². The van der Waals surface area contributed by atoms with Gasteiger partial charge in [0.1, 0.15) is 6.26 Å². The van der Waals surface area contributed by atoms with Crippen molar-refractivity contribution in [3.8, 4) is 0 Å². The Bertz CT molecular complexity index is 855. The van der Waals surface area contributed by atoms with Gasteiger partial charge < -0.3 is 14.2 Å². The third-order valence-electron chi connectivity index (χ3n) is 5.98. The highest BCUT2D eigenvalue weighted by molar-refractivity contribution is 5.94. The number of rotatable bonds is 5. The Kier molecular flexibility index (Phi) is 6.64. The lowest BCUT2D eigenvalue weighted by Crippen LogP contribution is -2.53. The number of carbonyl (C=O) groups excluding carboxylic acids is 2. The Morgan fingerprint density at radius 3 is 2.53 bits per heavy atom. The lowest BCUT2D eigenvalue weighted by atomic mass is 9.95. The standard InChI is InChI=1S/C24H29N3O3/c28-23(21-9-5-12-27(18-21)24(29)22-10-17-30-19-22)26-15-13-25(14-16-26)11-4-8-20-6-2-1-3-7-20/h1-4,6-8,10,17,19,21H,5,9,11-16,18H2. The highest BCUT2D eigenvalue weighted by Crippen LogP contribution is 2.21. The number of amides is 2. The molecule has 30 heavy (non-hydrogen) atoms. The molecule has 2 aliphatic rings. The summed E-state index contributed by atoms with van der Waals surface area (Å²) in [6, 6.07) is 12.0. The number of piperazine rings is 1. The Balaban J connectivity index is 1.24. The van der Waals surface area contributed by atoms with Crippen molar-refractivity contribution in [1.29, 1.82) is 0 Å². The van der Waals surface area contributed by atoms with E-state index >= 15 is 0 Å². The number of benzene rings is 1. The van der Waals surface area contributed by atoms with Crippen LogP contribution in [0.1, 0.15) is 28.8 Å². The average Bonchev–Trinajstić information content (AvgIpc) is 3.34. The fourth-order valence-electron chi connectivity index (χ4n) is 4.24. The van der Waals surface area contributed by atoms with Crippen molar-refractivity contribution in [2.24, 2.45) is 5.92 Å². The number of hydrogen-bond donors (Lipinski definition) is 0. The van der Waals surface area contributed by atoms with Crippen LogP contribution in [0, 0.1) is 5.92 Å². The van der Waals surface area contributed by atoms with E-state index in [1.54, 1.807) is 11.0 Å². The van der Waals surface area contributed by atoms with Crippen molar-refractivity contribution in [3.63, 3.8) is 0 Å². The molecule has 2 aromatic rings. The molecule has 2 saturated heterocycles. The number of piperidine rings is 1. The fourth-order valence-corrected chi connectivity index (χ4v) is 4.24. The van der Waals surface area contributed by atoms with Crippen molar-refractivity contribution in [2.45, 2.75) is 12.8 Å². The van der Waals surface area contributed by atoms with Gasteiger partial charge in [0.25, 0.3) is 5.91 Å². The molecule has 1 aromatic carbocycles. The van der Waals surface area contributed by atoms with Gasteiger partial charge in [-0.15, -0.1) is 0 Å². The second-order valence-corrected chi connectivity index (χ2v) is 8.04. The monoisotopic (exact) mass is 407 g/mol. The van der Waals surface area contributed by atoms with Gasteiger partial charge in [0.15, 0.2) is 0 Å². The fraction of sp³-hybridized carbons (Fsp3) is 0.417. The van der Waals surface area contributed by atoms with Crippen LogP contribution >= 0.6 is 0 Å². The van der Waals surface area contributed by atoms with Crippen molar-refractivity contribution < 1.29 is 14.0 Å². The molecule has 1 atom stereocenters. The summed E-state index contributed by atoms with van der Waals surface area (Å²) in [6.45, 7) is 5.38. The number of likely N-dealkylation sites (tertiary alicyclic amines) is 1. The van der Waals surface area contributed by atoms with Gasteiger partial charge in [0.2, 0.25) is 5.91 Å². The van der Waals surface area contributed by atoms with Gasteiger partial charge >= 0.3 is 0 Å². The van der Waals surface area contributed by atoms with E-state index in [9.17, 15) is 9.59 Å². The van der Waals surface area contributed by atoms with Gasteiger partial charge in [-0.05, 0) is 24.5 Å². The lowest BCUT2D eigenvalue weighted by molar-refractivity contribution is -0.138. The van der Waals surface area contributed by atoms with Gasteiger partial charge in [-0.2, -0.15) is 0 Å². The molecule has 0 radical (unpaired) electrons. The molecular formula is C24H29N3O3. The maximum atomic E-state index is 13.1. The maximum absolute atomic E-state index is 13.1. The SMILES string of the molecule is O=C(c1ccoc1)N1CCCC(C(=O)N2CCN(CC=Cc3ccccc3)CC2)C1. The summed E-state index contributed by atoms with van der Waals surface area (Å²) in [5.74, 6) is 0.0505. The molecule has 3 heterocycles. The number of hydrogen-bond acceptors (Lipinski definition) is 4. The zero-order valence-corrected chi connectivity index (χ0v) is 17.3. The highest BCUT2D eigenvalue weighted by Gasteiger charge is 2.32. The maximum Gasteiger partial charge on any atom is 0.257 e. The Morgan fingerprint density at radius 2 is 1.80 bits per heavy atom. The van der Waals surface area contributed by atoms with E-state index in [1.165, 1.54) is 18.1 Å². The summed E-state index contributed by atoms with van der Waals surface area (Å²) in [5.41, 5.74) is 1.76. The van der Waals surface area contributed by atoms with Crippen LogP contribution in [0.25, 0.3) is 6.08 Å². The molecule has 4 rings (SSSR count). The van der Waals surface area contributed by atoms with E-state index in [2.05, 4.69) is 29.2 Å². The van der Waals surface area contributed by atoms with Crippen molar-refractivity contribution in [3.05, 3.63) is 66.1 Å². The second kappa shape index (κ2) is 9.76. The molecule has 0 saturated carbocycles. The highest BCUT2D eigenvalue weighted by atomic mass is 16.3. The first-order valence-corrected chi connectivity index (χ1v) is 10.7. The summed E-state index contributed by atoms with van der Waals surface area (Å²) in [5, 5.41) is 0. The zero-order chi connectivity index (χ0) is 20.8. The summed E-state index contributed by atoms with van der Waals surface area (Å²) in [4.78, 5) is 31.8. The molecule has 1 unspecified atom stereocenters. The molecule has 0 bridgehead atoms. The van der Waals surface area contributed by atoms with E-state index in [4.69, 9.17) is 4.42 Å². The zero-order valence-electron chi connectivity index (χ0n) is 17.3. The smallest absolute Gasteiger partial charge is 0.257 e.